The van der Waals surface area contributed by atoms with Gasteiger partial charge in [-0.1, -0.05) is 51.0 Å². The van der Waals surface area contributed by atoms with Crippen LogP contribution in [0.5, 0.6) is 11.5 Å². The molecule has 2 aliphatic carbocycles. The molecule has 5 rings (SSSR count). The fourth-order valence-corrected chi connectivity index (χ4v) is 8.12. The molecule has 3 aromatic rings. The van der Waals surface area contributed by atoms with Crippen molar-refractivity contribution in [3.8, 4) is 23.3 Å². The molecule has 0 unspecified atom stereocenters. The number of aromatic hydroxyl groups is 1. The molecular formula is C40H55N3O5. The number of rotatable bonds is 13. The summed E-state index contributed by atoms with van der Waals surface area (Å²) in [6.45, 7) is 1.94. The van der Waals surface area contributed by atoms with Gasteiger partial charge in [-0.15, -0.1) is 5.92 Å². The van der Waals surface area contributed by atoms with Crippen molar-refractivity contribution in [3.05, 3.63) is 71.7 Å². The molecule has 0 aliphatic heterocycles. The Balaban J connectivity index is 1.32. The van der Waals surface area contributed by atoms with Crippen LogP contribution in [0.3, 0.4) is 0 Å². The molecule has 1 fully saturated rings. The number of nitrogens with one attached hydrogen (secondary N) is 1. The summed E-state index contributed by atoms with van der Waals surface area (Å²) in [5.74, 6) is 7.47. The van der Waals surface area contributed by atoms with Crippen molar-refractivity contribution in [2.24, 2.45) is 11.8 Å². The molecule has 260 valence electrons. The van der Waals surface area contributed by atoms with Gasteiger partial charge < -0.3 is 35.9 Å². The lowest BCUT2D eigenvalue weighted by Crippen LogP contribution is -2.39. The quantitative estimate of drug-likeness (QED) is 0.111. The minimum atomic E-state index is -0.703. The molecule has 0 saturated heterocycles. The van der Waals surface area contributed by atoms with Gasteiger partial charge in [-0.3, -0.25) is 0 Å². The van der Waals surface area contributed by atoms with E-state index in [9.17, 15) is 20.4 Å². The molecule has 8 nitrogen and oxygen atoms in total. The number of aryl methyl sites for hydroxylation is 1. The van der Waals surface area contributed by atoms with E-state index in [0.29, 0.717) is 49.6 Å². The molecule has 1 aromatic carbocycles. The highest BCUT2D eigenvalue weighted by molar-refractivity contribution is 5.42. The smallest absolute Gasteiger partial charge is 0.161 e. The molecule has 7 N–H and O–H groups in total. The van der Waals surface area contributed by atoms with Crippen LogP contribution in [0.25, 0.3) is 0 Å². The van der Waals surface area contributed by atoms with Gasteiger partial charge in [-0.05, 0) is 105 Å². The number of hydrogen-bond donors (Lipinski definition) is 6. The fraction of sp³-hybridized carbons (Fsp3) is 0.575. The Morgan fingerprint density at radius 1 is 1.08 bits per heavy atom. The first-order valence-corrected chi connectivity index (χ1v) is 18.1. The number of anilines is 1. The minimum Gasteiger partial charge on any atom is -0.504 e. The van der Waals surface area contributed by atoms with Crippen LogP contribution >= 0.6 is 0 Å². The van der Waals surface area contributed by atoms with Gasteiger partial charge in [0.25, 0.3) is 0 Å². The summed E-state index contributed by atoms with van der Waals surface area (Å²) in [4.78, 5) is 7.75. The van der Waals surface area contributed by atoms with Crippen molar-refractivity contribution >= 4 is 5.82 Å². The maximum Gasteiger partial charge on any atom is 0.161 e. The molecule has 0 bridgehead atoms. The Morgan fingerprint density at radius 3 is 2.62 bits per heavy atom. The number of ether oxygens (including phenoxy) is 1. The zero-order chi connectivity index (χ0) is 33.9. The van der Waals surface area contributed by atoms with E-state index in [1.807, 2.05) is 30.5 Å². The average Bonchev–Trinajstić information content (AvgIpc) is 3.66. The van der Waals surface area contributed by atoms with Gasteiger partial charge in [-0.2, -0.15) is 0 Å². The number of aliphatic hydroxyl groups excluding tert-OH is 3. The number of benzene rings is 1. The van der Waals surface area contributed by atoms with Crippen LogP contribution in [-0.2, 0) is 11.8 Å². The minimum absolute atomic E-state index is 0.00251. The monoisotopic (exact) mass is 657 g/mol. The summed E-state index contributed by atoms with van der Waals surface area (Å²) in [5, 5.41) is 43.6. The van der Waals surface area contributed by atoms with Gasteiger partial charge in [0.2, 0.25) is 0 Å². The lowest BCUT2D eigenvalue weighted by atomic mass is 9.60. The molecule has 2 heterocycles. The van der Waals surface area contributed by atoms with Crippen LogP contribution in [0.15, 0.2) is 54.9 Å². The van der Waals surface area contributed by atoms with E-state index < -0.39 is 18.3 Å². The number of aliphatic hydroxyl groups is 3. The van der Waals surface area contributed by atoms with Crippen molar-refractivity contribution in [1.29, 1.82) is 0 Å². The SMILES string of the molecule is CC[C@@H]1C#CC[C@H]([C@H](O)CCc2ccc(O)c(O[C@H](CO)C[C@H](c3ccnc(N)c3)C3(c4ccc[nH]4)CCCCC3)c2)[C@@H](O)CCCC1. The van der Waals surface area contributed by atoms with E-state index in [1.54, 1.807) is 18.3 Å². The lowest BCUT2D eigenvalue weighted by molar-refractivity contribution is 0.00559. The second-order valence-corrected chi connectivity index (χ2v) is 14.1. The number of H-pyrrole nitrogens is 1. The van der Waals surface area contributed by atoms with Gasteiger partial charge in [0.15, 0.2) is 11.5 Å². The second-order valence-electron chi connectivity index (χ2n) is 14.1. The van der Waals surface area contributed by atoms with Crippen LogP contribution in [-0.4, -0.2) is 55.3 Å². The molecule has 48 heavy (non-hydrogen) atoms. The number of pyridine rings is 1. The Hall–Kier alpha value is -3.51. The van der Waals surface area contributed by atoms with Gasteiger partial charge >= 0.3 is 0 Å². The number of aromatic nitrogens is 2. The lowest BCUT2D eigenvalue weighted by Gasteiger charge is -2.44. The molecule has 8 heteroatoms. The Labute approximate surface area is 286 Å². The topological polar surface area (TPSA) is 145 Å². The predicted octanol–water partition coefficient (Wildman–Crippen LogP) is 6.78. The summed E-state index contributed by atoms with van der Waals surface area (Å²) < 4.78 is 6.41. The third kappa shape index (κ3) is 8.93. The van der Waals surface area contributed by atoms with Crippen LogP contribution < -0.4 is 10.5 Å². The summed E-state index contributed by atoms with van der Waals surface area (Å²) in [6.07, 6.45) is 14.0. The van der Waals surface area contributed by atoms with Crippen molar-refractivity contribution in [3.63, 3.8) is 0 Å². The van der Waals surface area contributed by atoms with E-state index >= 15 is 0 Å². The van der Waals surface area contributed by atoms with E-state index in [2.05, 4.69) is 34.8 Å². The zero-order valence-electron chi connectivity index (χ0n) is 28.5. The zero-order valence-corrected chi connectivity index (χ0v) is 28.5. The van der Waals surface area contributed by atoms with Crippen LogP contribution in [0.2, 0.25) is 0 Å². The third-order valence-corrected chi connectivity index (χ3v) is 10.9. The molecular weight excluding hydrogens is 602 g/mol. The Kier molecular flexibility index (Phi) is 12.9. The van der Waals surface area contributed by atoms with Crippen molar-refractivity contribution < 1.29 is 25.2 Å². The maximum atomic E-state index is 11.2. The van der Waals surface area contributed by atoms with E-state index in [0.717, 1.165) is 62.5 Å². The highest BCUT2D eigenvalue weighted by atomic mass is 16.5. The summed E-state index contributed by atoms with van der Waals surface area (Å²) in [5.41, 5.74) is 9.14. The average molecular weight is 658 g/mol. The Morgan fingerprint density at radius 2 is 1.90 bits per heavy atom. The molecule has 2 aliphatic rings. The van der Waals surface area contributed by atoms with Crippen LogP contribution in [0.4, 0.5) is 5.82 Å². The molecule has 1 saturated carbocycles. The number of nitrogens with two attached hydrogens (primary N) is 1. The number of aromatic amines is 1. The highest BCUT2D eigenvalue weighted by Gasteiger charge is 2.44. The first-order chi connectivity index (χ1) is 23.3. The van der Waals surface area contributed by atoms with Crippen LogP contribution in [0, 0.1) is 23.7 Å². The number of hydrogen-bond acceptors (Lipinski definition) is 7. The van der Waals surface area contributed by atoms with E-state index in [-0.39, 0.29) is 29.6 Å². The summed E-state index contributed by atoms with van der Waals surface area (Å²) in [7, 11) is 0. The predicted molar refractivity (Wildman–Crippen MR) is 190 cm³/mol. The number of nitrogen functional groups attached to an aromatic ring is 1. The fourth-order valence-electron chi connectivity index (χ4n) is 8.12. The molecule has 2 aromatic heterocycles. The van der Waals surface area contributed by atoms with E-state index in [4.69, 9.17) is 10.5 Å². The second kappa shape index (κ2) is 17.2. The molecule has 0 spiro atoms. The third-order valence-electron chi connectivity index (χ3n) is 10.9. The Bertz CT molecular complexity index is 1480. The maximum absolute atomic E-state index is 11.2. The number of phenols is 1. The van der Waals surface area contributed by atoms with Crippen molar-refractivity contribution in [2.45, 2.75) is 126 Å². The van der Waals surface area contributed by atoms with Crippen molar-refractivity contribution in [1.82, 2.24) is 9.97 Å². The van der Waals surface area contributed by atoms with Crippen LogP contribution in [0.1, 0.15) is 113 Å². The largest absolute Gasteiger partial charge is 0.504 e. The molecule has 0 amide bonds. The summed E-state index contributed by atoms with van der Waals surface area (Å²) >= 11 is 0. The molecule has 0 radical (unpaired) electrons. The van der Waals surface area contributed by atoms with Gasteiger partial charge in [-0.25, -0.2) is 4.98 Å². The van der Waals surface area contributed by atoms with Gasteiger partial charge in [0.05, 0.1) is 18.8 Å². The van der Waals surface area contributed by atoms with Gasteiger partial charge in [0.1, 0.15) is 11.9 Å². The first kappa shape index (κ1) is 35.8. The highest BCUT2D eigenvalue weighted by Crippen LogP contribution is 2.51. The first-order valence-electron chi connectivity index (χ1n) is 18.1. The normalized spacial score (nSPS) is 23.3. The summed E-state index contributed by atoms with van der Waals surface area (Å²) in [6, 6.07) is 13.4. The van der Waals surface area contributed by atoms with Crippen molar-refractivity contribution in [2.75, 3.05) is 12.3 Å². The molecule has 6 atom stereocenters. The van der Waals surface area contributed by atoms with E-state index in [1.165, 1.54) is 12.1 Å². The van der Waals surface area contributed by atoms with Gasteiger partial charge in [0, 0.05) is 41.8 Å². The number of phenolic OH excluding ortho intramolecular Hbond substituents is 1. The number of nitrogens with zero attached hydrogens (tertiary/aromatic N) is 1. The standard InChI is InChI=1S/C40H55N3O5/c1-2-28-10-4-5-13-34(45)32(12-8-11-28)35(46)17-15-29-16-18-36(47)37(24-29)48-31(27-44)26-33(30-19-23-43-39(41)25-30)40(20-6-3-7-21-40)38-14-9-22-42-38/h9,14,16,18-19,22-25,28,31-35,42,44-47H,2-7,10,12-13,15,17,20-21,26-27H2,1H3,(H2,41,43)/t28-,31-,32-,33+,34-,35+/m0/s1.